The van der Waals surface area contributed by atoms with Crippen LogP contribution in [0.15, 0.2) is 20.8 Å². The summed E-state index contributed by atoms with van der Waals surface area (Å²) in [7, 11) is -4.47. The highest BCUT2D eigenvalue weighted by Crippen LogP contribution is 2.35. The number of aromatic nitrogens is 4. The van der Waals surface area contributed by atoms with Crippen LogP contribution in [0.5, 0.6) is 6.01 Å². The van der Waals surface area contributed by atoms with Crippen molar-refractivity contribution < 1.29 is 22.3 Å². The van der Waals surface area contributed by atoms with E-state index in [1.54, 1.807) is 23.2 Å². The zero-order valence-corrected chi connectivity index (χ0v) is 16.6. The number of amides is 1. The van der Waals surface area contributed by atoms with Crippen molar-refractivity contribution >= 4 is 27.6 Å². The topological polar surface area (TPSA) is 130 Å². The summed E-state index contributed by atoms with van der Waals surface area (Å²) in [5.74, 6) is 0. The maximum Gasteiger partial charge on any atom is 0.361 e. The van der Waals surface area contributed by atoms with Crippen LogP contribution in [0.3, 0.4) is 0 Å². The summed E-state index contributed by atoms with van der Waals surface area (Å²) < 4.78 is 50.4. The van der Waals surface area contributed by atoms with E-state index < -0.39 is 28.6 Å². The van der Waals surface area contributed by atoms with Crippen molar-refractivity contribution in [2.24, 2.45) is 4.40 Å². The van der Waals surface area contributed by atoms with Gasteiger partial charge >= 0.3 is 27.9 Å². The quantitative estimate of drug-likeness (QED) is 0.640. The van der Waals surface area contributed by atoms with Gasteiger partial charge in [-0.25, -0.2) is 18.9 Å². The molecule has 0 saturated heterocycles. The first-order valence-electron chi connectivity index (χ1n) is 8.53. The maximum absolute atomic E-state index is 12.4. The summed E-state index contributed by atoms with van der Waals surface area (Å²) in [6.07, 6.45) is 3.26. The molecule has 0 aliphatic heterocycles. The number of aryl methyl sites for hydroxylation is 1. The molecule has 1 amide bonds. The van der Waals surface area contributed by atoms with E-state index in [1.807, 2.05) is 0 Å². The van der Waals surface area contributed by atoms with E-state index in [0.29, 0.717) is 4.68 Å². The van der Waals surface area contributed by atoms with E-state index >= 15 is 0 Å². The number of carbonyl (C=O) groups is 1. The smallest absolute Gasteiger partial charge is 0.361 e. The molecule has 2 heterocycles. The van der Waals surface area contributed by atoms with Gasteiger partial charge in [0, 0.05) is 24.2 Å². The minimum Gasteiger partial charge on any atom is -0.464 e. The molecule has 1 saturated carbocycles. The Kier molecular flexibility index (Phi) is 5.98. The van der Waals surface area contributed by atoms with Crippen LogP contribution in [0.25, 0.3) is 0 Å². The van der Waals surface area contributed by atoms with Crippen molar-refractivity contribution in [2.75, 3.05) is 13.3 Å². The van der Waals surface area contributed by atoms with Gasteiger partial charge in [0.1, 0.15) is 0 Å². The van der Waals surface area contributed by atoms with Crippen molar-refractivity contribution in [3.8, 4) is 6.01 Å². The number of hydrogen-bond acceptors (Lipinski definition) is 7. The van der Waals surface area contributed by atoms with Gasteiger partial charge in [-0.05, 0) is 26.2 Å². The van der Waals surface area contributed by atoms with Crippen molar-refractivity contribution in [2.45, 2.75) is 38.8 Å². The van der Waals surface area contributed by atoms with Crippen LogP contribution in [0.1, 0.15) is 32.2 Å². The minimum atomic E-state index is -4.47. The highest BCUT2D eigenvalue weighted by molar-refractivity contribution is 7.88. The van der Waals surface area contributed by atoms with Crippen LogP contribution < -0.4 is 20.0 Å². The number of nitrogens with zero attached hydrogens (tertiary/aromatic N) is 5. The first-order chi connectivity index (χ1) is 13.4. The number of rotatable bonds is 8. The molecule has 11 nitrogen and oxygen atoms in total. The fourth-order valence-corrected chi connectivity index (χ4v) is 4.16. The number of carbonyl (C=O) groups excluding carboxylic acids is 1. The highest BCUT2D eigenvalue weighted by atomic mass is 32.2. The van der Waals surface area contributed by atoms with Gasteiger partial charge in [0.15, 0.2) is 0 Å². The summed E-state index contributed by atoms with van der Waals surface area (Å²) in [6, 6.07) is -1.42. The van der Waals surface area contributed by atoms with Gasteiger partial charge in [-0.3, -0.25) is 4.39 Å². The Bertz CT molecular complexity index is 1080. The lowest BCUT2D eigenvalue weighted by Gasteiger charge is -2.02. The summed E-state index contributed by atoms with van der Waals surface area (Å²) in [6.45, 7) is 1.62. The third-order valence-electron chi connectivity index (χ3n) is 3.76. The molecule has 1 aliphatic carbocycles. The Labute approximate surface area is 163 Å². The van der Waals surface area contributed by atoms with E-state index in [9.17, 15) is 22.4 Å². The number of nitrogens with one attached hydrogen (secondary N) is 1. The Balaban J connectivity index is 1.85. The Morgan fingerprint density at radius 2 is 2.25 bits per heavy atom. The van der Waals surface area contributed by atoms with Crippen molar-refractivity contribution in [1.82, 2.24) is 23.6 Å². The Morgan fingerprint density at radius 3 is 2.89 bits per heavy atom. The normalized spacial score (nSPS) is 15.0. The molecule has 0 radical (unpaired) electrons. The summed E-state index contributed by atoms with van der Waals surface area (Å²) in [4.78, 5) is 24.8. The molecular weight excluding hydrogens is 415 g/mol. The molecule has 1 aliphatic rings. The van der Waals surface area contributed by atoms with E-state index in [0.717, 1.165) is 24.2 Å². The summed E-state index contributed by atoms with van der Waals surface area (Å²) in [5.41, 5.74) is -0.784. The lowest BCUT2D eigenvalue weighted by molar-refractivity contribution is 0.242. The fraction of sp³-hybridized carbons (Fsp3) is 0.571. The van der Waals surface area contributed by atoms with Crippen LogP contribution in [-0.2, 0) is 16.8 Å². The molecule has 1 N–H and O–H groups in total. The van der Waals surface area contributed by atoms with Crippen LogP contribution in [0, 0.1) is 0 Å². The molecule has 0 unspecified atom stereocenters. The van der Waals surface area contributed by atoms with Gasteiger partial charge in [-0.1, -0.05) is 0 Å². The fourth-order valence-electron chi connectivity index (χ4n) is 2.41. The molecule has 2 aromatic rings. The van der Waals surface area contributed by atoms with Gasteiger partial charge < -0.3 is 9.30 Å². The highest BCUT2D eigenvalue weighted by Gasteiger charge is 2.32. The molecule has 1 fully saturated rings. The second kappa shape index (κ2) is 8.26. The maximum atomic E-state index is 12.4. The Hall–Kier alpha value is -2.48. The molecule has 0 aromatic carbocycles. The van der Waals surface area contributed by atoms with Gasteiger partial charge in [0.2, 0.25) is 4.80 Å². The molecule has 0 bridgehead atoms. The van der Waals surface area contributed by atoms with Gasteiger partial charge in [-0.2, -0.15) is 8.42 Å². The molecule has 3 rings (SSSR count). The molecule has 2 aromatic heterocycles. The second-order valence-electron chi connectivity index (χ2n) is 5.91. The lowest BCUT2D eigenvalue weighted by Crippen LogP contribution is -2.40. The van der Waals surface area contributed by atoms with E-state index in [-0.39, 0.29) is 36.4 Å². The van der Waals surface area contributed by atoms with Crippen molar-refractivity contribution in [1.29, 1.82) is 0 Å². The van der Waals surface area contributed by atoms with Crippen molar-refractivity contribution in [3.63, 3.8) is 0 Å². The van der Waals surface area contributed by atoms with Gasteiger partial charge in [-0.15, -0.1) is 25.5 Å². The average Bonchev–Trinajstić information content (AvgIpc) is 3.28. The summed E-state index contributed by atoms with van der Waals surface area (Å²) >= 11 is 1.01. The number of ether oxygens (including phenoxy) is 1. The minimum absolute atomic E-state index is 0.0400. The monoisotopic (exact) mass is 434 g/mol. The SMILES string of the molecule is CCOc1nn(C(=O)NS(=O)(=O)N=c2sccn2CCCF)c(=O)n1C1CC1. The molecule has 28 heavy (non-hydrogen) atoms. The standard InChI is InChI=1S/C14H19FN6O5S2/c1-2-26-12-16-21(14(23)20(12)10-4-5-10)11(22)17-28(24,25)18-13-19(7-3-6-15)8-9-27-13/h8-10H,2-7H2,1H3,(H,17,22). The average molecular weight is 434 g/mol. The predicted octanol–water partition coefficient (Wildman–Crippen LogP) is 0.404. The molecule has 14 heteroatoms. The van der Waals surface area contributed by atoms with Crippen LogP contribution >= 0.6 is 11.3 Å². The van der Waals surface area contributed by atoms with Crippen molar-refractivity contribution in [3.05, 3.63) is 26.9 Å². The third-order valence-corrected chi connectivity index (χ3v) is 5.52. The van der Waals surface area contributed by atoms with Crippen LogP contribution in [0.4, 0.5) is 9.18 Å². The van der Waals surface area contributed by atoms with Crippen LogP contribution in [-0.4, -0.2) is 46.6 Å². The number of halogens is 1. The zero-order chi connectivity index (χ0) is 20.3. The number of hydrogen-bond donors (Lipinski definition) is 1. The molecule has 0 atom stereocenters. The third kappa shape index (κ3) is 4.49. The molecular formula is C14H19FN6O5S2. The molecule has 0 spiro atoms. The van der Waals surface area contributed by atoms with E-state index in [4.69, 9.17) is 4.74 Å². The van der Waals surface area contributed by atoms with E-state index in [1.165, 1.54) is 9.13 Å². The van der Waals surface area contributed by atoms with Gasteiger partial charge in [0.05, 0.1) is 13.3 Å². The number of alkyl halides is 1. The first kappa shape index (κ1) is 20.3. The zero-order valence-electron chi connectivity index (χ0n) is 14.9. The first-order valence-corrected chi connectivity index (χ1v) is 10.9. The Morgan fingerprint density at radius 1 is 1.50 bits per heavy atom. The number of thiazole rings is 1. The predicted molar refractivity (Wildman–Crippen MR) is 97.2 cm³/mol. The van der Waals surface area contributed by atoms with E-state index in [2.05, 4.69) is 9.50 Å². The molecule has 154 valence electrons. The summed E-state index contributed by atoms with van der Waals surface area (Å²) in [5, 5.41) is 5.37. The second-order valence-corrected chi connectivity index (χ2v) is 8.12. The largest absolute Gasteiger partial charge is 0.464 e. The van der Waals surface area contributed by atoms with Gasteiger partial charge in [0.25, 0.3) is 0 Å². The van der Waals surface area contributed by atoms with Crippen LogP contribution in [0.2, 0.25) is 0 Å². The lowest BCUT2D eigenvalue weighted by atomic mass is 10.5.